The van der Waals surface area contributed by atoms with Crippen LogP contribution in [0.15, 0.2) is 84.9 Å². The smallest absolute Gasteiger partial charge is 0.167 e. The van der Waals surface area contributed by atoms with Gasteiger partial charge in [-0.15, -0.1) is 0 Å². The summed E-state index contributed by atoms with van der Waals surface area (Å²) in [7, 11) is 0. The van der Waals surface area contributed by atoms with Crippen molar-refractivity contribution >= 4 is 0 Å². The molecule has 2 heteroatoms. The molecular weight excluding hydrogens is 294 g/mol. The second kappa shape index (κ2) is 6.23. The van der Waals surface area contributed by atoms with Crippen LogP contribution in [0.1, 0.15) is 22.3 Å². The zero-order chi connectivity index (χ0) is 16.4. The maximum absolute atomic E-state index is 11.9. The van der Waals surface area contributed by atoms with Gasteiger partial charge < -0.3 is 10.4 Å². The molecule has 4 rings (SSSR count). The minimum Gasteiger partial charge on any atom is -0.374 e. The first-order valence-corrected chi connectivity index (χ1v) is 8.52. The second-order valence-corrected chi connectivity index (χ2v) is 6.52. The first-order valence-electron chi connectivity index (χ1n) is 8.52. The molecule has 1 unspecified atom stereocenters. The van der Waals surface area contributed by atoms with Crippen molar-refractivity contribution in [1.29, 1.82) is 0 Å². The van der Waals surface area contributed by atoms with Crippen molar-refractivity contribution in [3.05, 3.63) is 107 Å². The number of rotatable bonds is 3. The van der Waals surface area contributed by atoms with Gasteiger partial charge in [0.05, 0.1) is 0 Å². The summed E-state index contributed by atoms with van der Waals surface area (Å²) in [5.41, 5.74) is 3.62. The lowest BCUT2D eigenvalue weighted by atomic mass is 9.76. The topological polar surface area (TPSA) is 36.8 Å². The first-order chi connectivity index (χ1) is 11.8. The Morgan fingerprint density at radius 1 is 0.708 bits per heavy atom. The van der Waals surface area contributed by atoms with Gasteiger partial charge in [0.2, 0.25) is 0 Å². The summed E-state index contributed by atoms with van der Waals surface area (Å²) < 4.78 is 0. The molecule has 3 aromatic carbocycles. The number of nitrogens with two attached hydrogens (primary N) is 1. The molecule has 24 heavy (non-hydrogen) atoms. The third-order valence-electron chi connectivity index (χ3n) is 5.14. The molecule has 2 nitrogen and oxygen atoms in total. The summed E-state index contributed by atoms with van der Waals surface area (Å²) in [5.74, 6) is 0. The fraction of sp³-hybridized carbons (Fsp3) is 0.182. The fourth-order valence-corrected chi connectivity index (χ4v) is 3.84. The van der Waals surface area contributed by atoms with Crippen LogP contribution in [0.5, 0.6) is 0 Å². The molecule has 1 atom stereocenters. The van der Waals surface area contributed by atoms with E-state index in [0.717, 1.165) is 24.1 Å². The maximum Gasteiger partial charge on any atom is 0.167 e. The molecule has 0 aromatic heterocycles. The quantitative estimate of drug-likeness (QED) is 0.766. The second-order valence-electron chi connectivity index (χ2n) is 6.52. The van der Waals surface area contributed by atoms with Crippen LogP contribution in [0, 0.1) is 0 Å². The highest BCUT2D eigenvalue weighted by atomic mass is 16.3. The van der Waals surface area contributed by atoms with Crippen LogP contribution in [-0.2, 0) is 18.6 Å². The fourth-order valence-electron chi connectivity index (χ4n) is 3.84. The lowest BCUT2D eigenvalue weighted by Gasteiger charge is -2.37. The van der Waals surface area contributed by atoms with Crippen molar-refractivity contribution in [2.45, 2.75) is 24.6 Å². The van der Waals surface area contributed by atoms with E-state index in [4.69, 9.17) is 0 Å². The molecule has 0 saturated carbocycles. The molecule has 3 N–H and O–H groups in total. The van der Waals surface area contributed by atoms with Gasteiger partial charge in [0, 0.05) is 12.0 Å². The average molecular weight is 316 g/mol. The number of benzene rings is 3. The molecule has 3 aromatic rings. The standard InChI is InChI=1S/C22H21NO/c24-22(19-11-3-1-4-12-19,20-13-5-2-6-14-20)21-15-17-9-7-8-10-18(17)16-23-21/h1-14,21,23-24H,15-16H2/p+1. The minimum absolute atomic E-state index is 0.0530. The summed E-state index contributed by atoms with van der Waals surface area (Å²) in [6.07, 6.45) is 0.858. The number of hydrogen-bond acceptors (Lipinski definition) is 1. The average Bonchev–Trinajstić information content (AvgIpc) is 2.68. The molecule has 0 amide bonds. The van der Waals surface area contributed by atoms with E-state index in [9.17, 15) is 5.11 Å². The van der Waals surface area contributed by atoms with Crippen LogP contribution >= 0.6 is 0 Å². The lowest BCUT2D eigenvalue weighted by Crippen LogP contribution is -2.94. The summed E-state index contributed by atoms with van der Waals surface area (Å²) in [4.78, 5) is 0. The Balaban J connectivity index is 1.80. The highest BCUT2D eigenvalue weighted by Gasteiger charge is 2.44. The Morgan fingerprint density at radius 3 is 1.79 bits per heavy atom. The van der Waals surface area contributed by atoms with E-state index >= 15 is 0 Å². The van der Waals surface area contributed by atoms with E-state index < -0.39 is 5.60 Å². The Morgan fingerprint density at radius 2 is 1.21 bits per heavy atom. The molecule has 1 aliphatic rings. The highest BCUT2D eigenvalue weighted by molar-refractivity contribution is 5.39. The molecule has 0 spiro atoms. The predicted molar refractivity (Wildman–Crippen MR) is 95.4 cm³/mol. The van der Waals surface area contributed by atoms with E-state index in [-0.39, 0.29) is 6.04 Å². The van der Waals surface area contributed by atoms with Gasteiger partial charge in [0.25, 0.3) is 0 Å². The highest BCUT2D eigenvalue weighted by Crippen LogP contribution is 2.34. The summed E-state index contributed by atoms with van der Waals surface area (Å²) in [6.45, 7) is 0.906. The van der Waals surface area contributed by atoms with E-state index in [1.54, 1.807) is 0 Å². The normalized spacial score (nSPS) is 17.3. The van der Waals surface area contributed by atoms with Gasteiger partial charge in [-0.2, -0.15) is 0 Å². The van der Waals surface area contributed by atoms with Crippen molar-refractivity contribution in [2.24, 2.45) is 0 Å². The zero-order valence-electron chi connectivity index (χ0n) is 13.6. The third kappa shape index (κ3) is 2.54. The summed E-state index contributed by atoms with van der Waals surface area (Å²) in [5, 5.41) is 14.2. The molecule has 1 aliphatic heterocycles. The summed E-state index contributed by atoms with van der Waals surface area (Å²) in [6, 6.07) is 28.7. The van der Waals surface area contributed by atoms with E-state index in [1.807, 2.05) is 60.7 Å². The van der Waals surface area contributed by atoms with E-state index in [1.165, 1.54) is 11.1 Å². The van der Waals surface area contributed by atoms with Crippen LogP contribution in [0.25, 0.3) is 0 Å². The zero-order valence-corrected chi connectivity index (χ0v) is 13.6. The SMILES string of the molecule is OC(c1ccccc1)(c1ccccc1)C1Cc2ccccc2C[NH2+]1. The van der Waals surface area contributed by atoms with Gasteiger partial charge >= 0.3 is 0 Å². The monoisotopic (exact) mass is 316 g/mol. The predicted octanol–water partition coefficient (Wildman–Crippen LogP) is 2.61. The molecule has 0 aliphatic carbocycles. The lowest BCUT2D eigenvalue weighted by molar-refractivity contribution is -0.721. The Hall–Kier alpha value is -2.42. The number of fused-ring (bicyclic) bond motifs is 1. The number of quaternary nitrogens is 1. The minimum atomic E-state index is -1.00. The molecule has 120 valence electrons. The first kappa shape index (κ1) is 15.1. The van der Waals surface area contributed by atoms with Gasteiger partial charge in [-0.3, -0.25) is 0 Å². The van der Waals surface area contributed by atoms with Crippen molar-refractivity contribution in [3.8, 4) is 0 Å². The Bertz CT molecular complexity index is 774. The van der Waals surface area contributed by atoms with E-state index in [0.29, 0.717) is 0 Å². The summed E-state index contributed by atoms with van der Waals surface area (Å²) >= 11 is 0. The molecule has 0 fully saturated rings. The number of aliphatic hydroxyl groups is 1. The molecule has 1 heterocycles. The van der Waals surface area contributed by atoms with Crippen LogP contribution in [0.2, 0.25) is 0 Å². The largest absolute Gasteiger partial charge is 0.374 e. The van der Waals surface area contributed by atoms with Gasteiger partial charge in [-0.25, -0.2) is 0 Å². The van der Waals surface area contributed by atoms with Crippen molar-refractivity contribution < 1.29 is 10.4 Å². The van der Waals surface area contributed by atoms with Crippen LogP contribution in [0.4, 0.5) is 0 Å². The van der Waals surface area contributed by atoms with Crippen molar-refractivity contribution in [2.75, 3.05) is 0 Å². The number of hydrogen-bond donors (Lipinski definition) is 2. The third-order valence-corrected chi connectivity index (χ3v) is 5.14. The Kier molecular flexibility index (Phi) is 3.93. The molecular formula is C22H22NO+. The van der Waals surface area contributed by atoms with E-state index in [2.05, 4.69) is 29.6 Å². The van der Waals surface area contributed by atoms with Gasteiger partial charge in [0.15, 0.2) is 5.60 Å². The van der Waals surface area contributed by atoms with Crippen LogP contribution in [0.3, 0.4) is 0 Å². The van der Waals surface area contributed by atoms with Gasteiger partial charge in [-0.1, -0.05) is 84.9 Å². The van der Waals surface area contributed by atoms with Crippen LogP contribution < -0.4 is 5.32 Å². The molecule has 0 saturated heterocycles. The van der Waals surface area contributed by atoms with Crippen LogP contribution in [-0.4, -0.2) is 11.1 Å². The van der Waals surface area contributed by atoms with Gasteiger partial charge in [0.1, 0.15) is 12.6 Å². The Labute approximate surface area is 142 Å². The van der Waals surface area contributed by atoms with Crippen molar-refractivity contribution in [3.63, 3.8) is 0 Å². The maximum atomic E-state index is 11.9. The molecule has 0 bridgehead atoms. The molecule has 0 radical (unpaired) electrons. The van der Waals surface area contributed by atoms with Gasteiger partial charge in [-0.05, 0) is 16.7 Å². The van der Waals surface area contributed by atoms with Crippen molar-refractivity contribution in [1.82, 2.24) is 0 Å².